The van der Waals surface area contributed by atoms with Crippen molar-refractivity contribution < 1.29 is 4.79 Å². The van der Waals surface area contributed by atoms with Gasteiger partial charge in [0.2, 0.25) is 11.1 Å². The number of carbonyl (C=O) groups excluding carboxylic acids is 1. The number of aromatic amines is 1. The summed E-state index contributed by atoms with van der Waals surface area (Å²) in [6, 6.07) is 7.01. The number of thioether (sulfide) groups is 1. The van der Waals surface area contributed by atoms with Crippen molar-refractivity contribution in [3.8, 4) is 0 Å². The highest BCUT2D eigenvalue weighted by Gasteiger charge is 2.17. The Morgan fingerprint density at radius 2 is 2.14 bits per heavy atom. The lowest BCUT2D eigenvalue weighted by molar-refractivity contribution is -0.115. The molecule has 1 unspecified atom stereocenters. The van der Waals surface area contributed by atoms with Gasteiger partial charge >= 0.3 is 0 Å². The van der Waals surface area contributed by atoms with E-state index >= 15 is 0 Å². The fourth-order valence-corrected chi connectivity index (χ4v) is 2.54. The lowest BCUT2D eigenvalue weighted by atomic mass is 10.3. The Morgan fingerprint density at radius 1 is 1.43 bits per heavy atom. The second-order valence-electron chi connectivity index (χ2n) is 4.57. The molecule has 7 heteroatoms. The van der Waals surface area contributed by atoms with Crippen LogP contribution in [0.5, 0.6) is 0 Å². The van der Waals surface area contributed by atoms with E-state index in [0.29, 0.717) is 10.2 Å². The van der Waals surface area contributed by atoms with E-state index in [4.69, 9.17) is 11.6 Å². The van der Waals surface area contributed by atoms with Gasteiger partial charge in [-0.05, 0) is 37.6 Å². The van der Waals surface area contributed by atoms with Crippen LogP contribution in [0.15, 0.2) is 29.4 Å². The molecule has 1 atom stereocenters. The molecule has 2 N–H and O–H groups in total. The van der Waals surface area contributed by atoms with E-state index in [1.54, 1.807) is 24.3 Å². The topological polar surface area (TPSA) is 70.7 Å². The average Bonchev–Trinajstić information content (AvgIpc) is 2.89. The Balaban J connectivity index is 1.90. The molecule has 1 amide bonds. The van der Waals surface area contributed by atoms with Gasteiger partial charge in [0.05, 0.1) is 5.25 Å². The van der Waals surface area contributed by atoms with Gasteiger partial charge in [-0.1, -0.05) is 30.3 Å². The number of anilines is 1. The van der Waals surface area contributed by atoms with E-state index in [2.05, 4.69) is 27.4 Å². The summed E-state index contributed by atoms with van der Waals surface area (Å²) in [5.74, 6) is 0.759. The molecule has 0 saturated carbocycles. The van der Waals surface area contributed by atoms with Crippen molar-refractivity contribution in [2.24, 2.45) is 0 Å². The number of hydrogen-bond donors (Lipinski definition) is 2. The number of hydrogen-bond acceptors (Lipinski definition) is 4. The van der Waals surface area contributed by atoms with Crippen LogP contribution < -0.4 is 5.32 Å². The van der Waals surface area contributed by atoms with Crippen LogP contribution >= 0.6 is 23.4 Å². The van der Waals surface area contributed by atoms with Crippen molar-refractivity contribution in [3.05, 3.63) is 35.1 Å². The van der Waals surface area contributed by atoms with E-state index < -0.39 is 0 Å². The van der Waals surface area contributed by atoms with Crippen LogP contribution in [0, 0.1) is 0 Å². The zero-order valence-corrected chi connectivity index (χ0v) is 13.5. The average molecular weight is 325 g/mol. The van der Waals surface area contributed by atoms with Crippen molar-refractivity contribution in [2.75, 3.05) is 5.32 Å². The monoisotopic (exact) mass is 324 g/mol. The number of rotatable bonds is 6. The molecule has 1 aromatic carbocycles. The van der Waals surface area contributed by atoms with E-state index in [-0.39, 0.29) is 11.2 Å². The summed E-state index contributed by atoms with van der Waals surface area (Å²) in [5.41, 5.74) is 0.721. The van der Waals surface area contributed by atoms with Crippen LogP contribution in [0.3, 0.4) is 0 Å². The Bertz CT molecular complexity index is 599. The first-order valence-electron chi connectivity index (χ1n) is 6.73. The predicted molar refractivity (Wildman–Crippen MR) is 85.8 cm³/mol. The molecule has 0 radical (unpaired) electrons. The number of aryl methyl sites for hydroxylation is 1. The number of H-pyrrole nitrogens is 1. The number of amides is 1. The fourth-order valence-electron chi connectivity index (χ4n) is 1.67. The molecular formula is C14H17ClN4OS. The first kappa shape index (κ1) is 15.9. The normalized spacial score (nSPS) is 12.1. The third-order valence-corrected chi connectivity index (χ3v) is 3.97. The van der Waals surface area contributed by atoms with Gasteiger partial charge in [-0.2, -0.15) is 0 Å². The minimum atomic E-state index is -0.286. The Hall–Kier alpha value is -1.53. The van der Waals surface area contributed by atoms with Crippen molar-refractivity contribution in [1.29, 1.82) is 0 Å². The highest BCUT2D eigenvalue weighted by atomic mass is 35.5. The largest absolute Gasteiger partial charge is 0.325 e. The Labute approximate surface area is 132 Å². The molecule has 0 fully saturated rings. The van der Waals surface area contributed by atoms with Gasteiger partial charge in [0, 0.05) is 17.1 Å². The highest BCUT2D eigenvalue weighted by Crippen LogP contribution is 2.21. The zero-order valence-electron chi connectivity index (χ0n) is 11.9. The Kier molecular flexibility index (Phi) is 5.64. The number of carbonyl (C=O) groups is 1. The number of aromatic nitrogens is 3. The molecule has 5 nitrogen and oxygen atoms in total. The molecule has 0 saturated heterocycles. The molecule has 1 aromatic heterocycles. The molecule has 2 rings (SSSR count). The summed E-state index contributed by atoms with van der Waals surface area (Å²) in [6.07, 6.45) is 1.87. The lowest BCUT2D eigenvalue weighted by Crippen LogP contribution is -2.22. The van der Waals surface area contributed by atoms with Crippen molar-refractivity contribution in [3.63, 3.8) is 0 Å². The number of benzene rings is 1. The number of nitrogens with one attached hydrogen (secondary N) is 2. The molecule has 0 aliphatic carbocycles. The second-order valence-corrected chi connectivity index (χ2v) is 6.32. The molecule has 0 aliphatic rings. The molecule has 0 spiro atoms. The standard InChI is InChI=1S/C14H17ClN4OS/c1-3-4-12-17-14(19-18-12)21-9(2)13(20)16-11-7-5-10(15)6-8-11/h5-9H,3-4H2,1-2H3,(H,16,20)(H,17,18,19). The molecule has 112 valence electrons. The van der Waals surface area contributed by atoms with Gasteiger partial charge in [-0.25, -0.2) is 4.98 Å². The van der Waals surface area contributed by atoms with Crippen LogP contribution in [0.2, 0.25) is 5.02 Å². The van der Waals surface area contributed by atoms with Gasteiger partial charge in [0.1, 0.15) is 5.82 Å². The van der Waals surface area contributed by atoms with E-state index in [1.807, 2.05) is 6.92 Å². The quantitative estimate of drug-likeness (QED) is 0.797. The maximum Gasteiger partial charge on any atom is 0.237 e. The number of halogens is 1. The van der Waals surface area contributed by atoms with Crippen LogP contribution in [-0.2, 0) is 11.2 Å². The third-order valence-electron chi connectivity index (χ3n) is 2.76. The van der Waals surface area contributed by atoms with E-state index in [9.17, 15) is 4.79 Å². The van der Waals surface area contributed by atoms with Gasteiger partial charge in [0.25, 0.3) is 0 Å². The van der Waals surface area contributed by atoms with Crippen LogP contribution in [-0.4, -0.2) is 26.3 Å². The molecule has 21 heavy (non-hydrogen) atoms. The van der Waals surface area contributed by atoms with Crippen LogP contribution in [0.4, 0.5) is 5.69 Å². The Morgan fingerprint density at radius 3 is 2.81 bits per heavy atom. The van der Waals surface area contributed by atoms with Crippen LogP contribution in [0.25, 0.3) is 0 Å². The van der Waals surface area contributed by atoms with E-state index in [0.717, 1.165) is 24.4 Å². The summed E-state index contributed by atoms with van der Waals surface area (Å²) >= 11 is 7.14. The highest BCUT2D eigenvalue weighted by molar-refractivity contribution is 8.00. The third kappa shape index (κ3) is 4.75. The minimum absolute atomic E-state index is 0.0934. The van der Waals surface area contributed by atoms with Crippen molar-refractivity contribution in [2.45, 2.75) is 37.1 Å². The fraction of sp³-hybridized carbons (Fsp3) is 0.357. The summed E-state index contributed by atoms with van der Waals surface area (Å²) < 4.78 is 0. The lowest BCUT2D eigenvalue weighted by Gasteiger charge is -2.10. The minimum Gasteiger partial charge on any atom is -0.325 e. The van der Waals surface area contributed by atoms with Crippen LogP contribution in [0.1, 0.15) is 26.1 Å². The number of nitrogens with zero attached hydrogens (tertiary/aromatic N) is 2. The van der Waals surface area contributed by atoms with Gasteiger partial charge in [0.15, 0.2) is 0 Å². The van der Waals surface area contributed by atoms with Crippen molar-refractivity contribution >= 4 is 35.0 Å². The first-order chi connectivity index (χ1) is 10.1. The maximum atomic E-state index is 12.1. The van der Waals surface area contributed by atoms with Gasteiger partial charge in [-0.15, -0.1) is 5.10 Å². The maximum absolute atomic E-state index is 12.1. The molecule has 1 heterocycles. The molecule has 2 aromatic rings. The summed E-state index contributed by atoms with van der Waals surface area (Å²) in [4.78, 5) is 16.4. The zero-order chi connectivity index (χ0) is 15.2. The summed E-state index contributed by atoms with van der Waals surface area (Å²) in [7, 11) is 0. The van der Waals surface area contributed by atoms with Gasteiger partial charge in [-0.3, -0.25) is 9.89 Å². The summed E-state index contributed by atoms with van der Waals surface area (Å²) in [5, 5.41) is 10.8. The first-order valence-corrected chi connectivity index (χ1v) is 7.98. The molecule has 0 bridgehead atoms. The van der Waals surface area contributed by atoms with Crippen molar-refractivity contribution in [1.82, 2.24) is 15.2 Å². The molecule has 0 aliphatic heterocycles. The smallest absolute Gasteiger partial charge is 0.237 e. The van der Waals surface area contributed by atoms with Gasteiger partial charge < -0.3 is 5.32 Å². The molecular weight excluding hydrogens is 308 g/mol. The second kappa shape index (κ2) is 7.47. The predicted octanol–water partition coefficient (Wildman–Crippen LogP) is 3.53. The van der Waals surface area contributed by atoms with E-state index in [1.165, 1.54) is 11.8 Å². The SMILES string of the molecule is CCCc1nc(SC(C)C(=O)Nc2ccc(Cl)cc2)n[nH]1. The summed E-state index contributed by atoms with van der Waals surface area (Å²) in [6.45, 7) is 3.91.